The van der Waals surface area contributed by atoms with Gasteiger partial charge in [-0.3, -0.25) is 9.59 Å². The number of carboxylic acids is 1. The molecule has 1 fully saturated rings. The van der Waals surface area contributed by atoms with Gasteiger partial charge in [0.2, 0.25) is 10.0 Å². The average Bonchev–Trinajstić information content (AvgIpc) is 2.45. The molecule has 7 nitrogen and oxygen atoms in total. The zero-order valence-corrected chi connectivity index (χ0v) is 12.8. The number of primary sulfonamides is 1. The van der Waals surface area contributed by atoms with Gasteiger partial charge >= 0.3 is 5.97 Å². The van der Waals surface area contributed by atoms with E-state index in [0.29, 0.717) is 30.5 Å². The van der Waals surface area contributed by atoms with Crippen LogP contribution < -0.4 is 5.14 Å². The number of carboxylic acid groups (broad SMARTS) is 1. The molecule has 1 aromatic rings. The minimum Gasteiger partial charge on any atom is -0.481 e. The number of likely N-dealkylation sites (tertiary alicyclic amines) is 1. The van der Waals surface area contributed by atoms with Crippen molar-refractivity contribution in [2.45, 2.75) is 18.6 Å². The van der Waals surface area contributed by atoms with E-state index < -0.39 is 21.9 Å². The Hall–Kier alpha value is -1.93. The van der Waals surface area contributed by atoms with Crippen molar-refractivity contribution >= 4 is 21.9 Å². The molecule has 22 heavy (non-hydrogen) atoms. The molecule has 0 radical (unpaired) electrons. The van der Waals surface area contributed by atoms with E-state index in [9.17, 15) is 18.0 Å². The summed E-state index contributed by atoms with van der Waals surface area (Å²) < 4.78 is 22.2. The van der Waals surface area contributed by atoms with Crippen molar-refractivity contribution < 1.29 is 23.1 Å². The smallest absolute Gasteiger partial charge is 0.308 e. The third-order valence-corrected chi connectivity index (χ3v) is 4.34. The van der Waals surface area contributed by atoms with Crippen LogP contribution in [-0.4, -0.2) is 43.4 Å². The molecule has 1 aliphatic heterocycles. The predicted octanol–water partition coefficient (Wildman–Crippen LogP) is 0.412. The standard InChI is InChI=1S/C14H18N2O5S/c15-22(20,21)9-10-3-1-4-11(7-10)13(17)16-6-2-5-12(8-16)14(18)19/h1,3-4,7,12H,2,5-6,8-9H2,(H,18,19)(H2,15,20,21). The summed E-state index contributed by atoms with van der Waals surface area (Å²) in [6.07, 6.45) is 1.20. The number of sulfonamides is 1. The molecule has 2 rings (SSSR count). The Bertz CT molecular complexity index is 686. The van der Waals surface area contributed by atoms with Crippen molar-refractivity contribution in [1.29, 1.82) is 0 Å². The molecule has 0 aliphatic carbocycles. The molecule has 1 atom stereocenters. The fraction of sp³-hybridized carbons (Fsp3) is 0.429. The maximum Gasteiger partial charge on any atom is 0.308 e. The topological polar surface area (TPSA) is 118 Å². The van der Waals surface area contributed by atoms with E-state index in [1.165, 1.54) is 11.0 Å². The summed E-state index contributed by atoms with van der Waals surface area (Å²) in [6, 6.07) is 6.24. The quantitative estimate of drug-likeness (QED) is 0.831. The molecule has 0 spiro atoms. The van der Waals surface area contributed by atoms with Crippen molar-refractivity contribution in [3.05, 3.63) is 35.4 Å². The van der Waals surface area contributed by atoms with Gasteiger partial charge in [0.15, 0.2) is 0 Å². The summed E-state index contributed by atoms with van der Waals surface area (Å²) in [5, 5.41) is 14.1. The highest BCUT2D eigenvalue weighted by atomic mass is 32.2. The van der Waals surface area contributed by atoms with Crippen LogP contribution in [0.15, 0.2) is 24.3 Å². The van der Waals surface area contributed by atoms with Crippen molar-refractivity contribution in [2.75, 3.05) is 13.1 Å². The van der Waals surface area contributed by atoms with Crippen LogP contribution in [-0.2, 0) is 20.6 Å². The number of nitrogens with two attached hydrogens (primary N) is 1. The molecular weight excluding hydrogens is 308 g/mol. The van der Waals surface area contributed by atoms with E-state index in [-0.39, 0.29) is 18.2 Å². The third-order valence-electron chi connectivity index (χ3n) is 3.60. The molecule has 0 saturated carbocycles. The Morgan fingerprint density at radius 3 is 2.73 bits per heavy atom. The molecule has 1 unspecified atom stereocenters. The van der Waals surface area contributed by atoms with Crippen LogP contribution in [0.5, 0.6) is 0 Å². The third kappa shape index (κ3) is 4.28. The SMILES string of the molecule is NS(=O)(=O)Cc1cccc(C(=O)N2CCCC(C(=O)O)C2)c1. The van der Waals surface area contributed by atoms with Gasteiger partial charge < -0.3 is 10.0 Å². The predicted molar refractivity (Wildman–Crippen MR) is 79.5 cm³/mol. The van der Waals surface area contributed by atoms with Crippen LogP contribution in [0.3, 0.4) is 0 Å². The number of nitrogens with zero attached hydrogens (tertiary/aromatic N) is 1. The summed E-state index contributed by atoms with van der Waals surface area (Å²) >= 11 is 0. The van der Waals surface area contributed by atoms with E-state index >= 15 is 0 Å². The zero-order chi connectivity index (χ0) is 16.3. The Balaban J connectivity index is 2.15. The summed E-state index contributed by atoms with van der Waals surface area (Å²) in [4.78, 5) is 25.0. The minimum atomic E-state index is -3.67. The highest BCUT2D eigenvalue weighted by molar-refractivity contribution is 7.88. The normalized spacial score (nSPS) is 19.0. The fourth-order valence-electron chi connectivity index (χ4n) is 2.57. The van der Waals surface area contributed by atoms with Gasteiger partial charge in [-0.15, -0.1) is 0 Å². The van der Waals surface area contributed by atoms with Crippen LogP contribution in [0.25, 0.3) is 0 Å². The lowest BCUT2D eigenvalue weighted by Crippen LogP contribution is -2.42. The van der Waals surface area contributed by atoms with Gasteiger partial charge in [-0.05, 0) is 30.5 Å². The first-order valence-corrected chi connectivity index (χ1v) is 8.59. The Morgan fingerprint density at radius 2 is 2.09 bits per heavy atom. The van der Waals surface area contributed by atoms with Crippen molar-refractivity contribution in [3.63, 3.8) is 0 Å². The van der Waals surface area contributed by atoms with Gasteiger partial charge in [0.05, 0.1) is 11.7 Å². The first kappa shape index (κ1) is 16.4. The van der Waals surface area contributed by atoms with Gasteiger partial charge in [-0.1, -0.05) is 12.1 Å². The second kappa shape index (κ2) is 6.45. The van der Waals surface area contributed by atoms with E-state index in [0.717, 1.165) is 0 Å². The van der Waals surface area contributed by atoms with Gasteiger partial charge in [-0.2, -0.15) is 0 Å². The van der Waals surface area contributed by atoms with Crippen LogP contribution >= 0.6 is 0 Å². The Kier molecular flexibility index (Phi) is 4.82. The van der Waals surface area contributed by atoms with Crippen molar-refractivity contribution in [1.82, 2.24) is 4.90 Å². The van der Waals surface area contributed by atoms with Crippen LogP contribution in [0.4, 0.5) is 0 Å². The number of benzene rings is 1. The number of hydrogen-bond acceptors (Lipinski definition) is 4. The first-order chi connectivity index (χ1) is 10.3. The summed E-state index contributed by atoms with van der Waals surface area (Å²) in [6.45, 7) is 0.676. The fourth-order valence-corrected chi connectivity index (χ4v) is 3.22. The number of carbonyl (C=O) groups excluding carboxylic acids is 1. The molecular formula is C14H18N2O5S. The number of amides is 1. The van der Waals surface area contributed by atoms with Crippen molar-refractivity contribution in [3.8, 4) is 0 Å². The largest absolute Gasteiger partial charge is 0.481 e. The number of piperidine rings is 1. The van der Waals surface area contributed by atoms with Crippen molar-refractivity contribution in [2.24, 2.45) is 11.1 Å². The lowest BCUT2D eigenvalue weighted by molar-refractivity contribution is -0.143. The second-order valence-electron chi connectivity index (χ2n) is 5.44. The number of aliphatic carboxylic acids is 1. The lowest BCUT2D eigenvalue weighted by Gasteiger charge is -2.30. The molecule has 1 amide bonds. The molecule has 0 bridgehead atoms. The number of carbonyl (C=O) groups is 2. The van der Waals surface area contributed by atoms with E-state index in [4.69, 9.17) is 10.2 Å². The monoisotopic (exact) mass is 326 g/mol. The molecule has 0 aromatic heterocycles. The maximum absolute atomic E-state index is 12.4. The molecule has 3 N–H and O–H groups in total. The Morgan fingerprint density at radius 1 is 1.36 bits per heavy atom. The molecule has 1 heterocycles. The van der Waals surface area contributed by atoms with Gasteiger partial charge in [-0.25, -0.2) is 13.6 Å². The number of hydrogen-bond donors (Lipinski definition) is 2. The highest BCUT2D eigenvalue weighted by Crippen LogP contribution is 2.19. The van der Waals surface area contributed by atoms with E-state index in [1.54, 1.807) is 18.2 Å². The Labute approximate surface area is 128 Å². The molecule has 1 saturated heterocycles. The first-order valence-electron chi connectivity index (χ1n) is 6.88. The molecule has 120 valence electrons. The van der Waals surface area contributed by atoms with Gasteiger partial charge in [0, 0.05) is 18.7 Å². The van der Waals surface area contributed by atoms with Crippen LogP contribution in [0.1, 0.15) is 28.8 Å². The van der Waals surface area contributed by atoms with E-state index in [2.05, 4.69) is 0 Å². The highest BCUT2D eigenvalue weighted by Gasteiger charge is 2.28. The number of rotatable bonds is 4. The summed E-state index contributed by atoms with van der Waals surface area (Å²) in [7, 11) is -3.67. The molecule has 1 aromatic carbocycles. The zero-order valence-electron chi connectivity index (χ0n) is 11.9. The van der Waals surface area contributed by atoms with Gasteiger partial charge in [0.1, 0.15) is 0 Å². The second-order valence-corrected chi connectivity index (χ2v) is 7.05. The lowest BCUT2D eigenvalue weighted by atomic mass is 9.97. The molecule has 8 heteroatoms. The minimum absolute atomic E-state index is 0.174. The summed E-state index contributed by atoms with van der Waals surface area (Å²) in [5.41, 5.74) is 0.771. The van der Waals surface area contributed by atoms with Gasteiger partial charge in [0.25, 0.3) is 5.91 Å². The van der Waals surface area contributed by atoms with E-state index in [1.807, 2.05) is 0 Å². The van der Waals surface area contributed by atoms with Crippen LogP contribution in [0.2, 0.25) is 0 Å². The average molecular weight is 326 g/mol. The molecule has 1 aliphatic rings. The van der Waals surface area contributed by atoms with Crippen LogP contribution in [0, 0.1) is 5.92 Å². The summed E-state index contributed by atoms with van der Waals surface area (Å²) in [5.74, 6) is -2.08. The maximum atomic E-state index is 12.4.